The Hall–Kier alpha value is -2.33. The molecule has 158 valence electrons. The molecule has 30 heavy (non-hydrogen) atoms. The largest absolute Gasteiger partial charge is 0.445 e. The summed E-state index contributed by atoms with van der Waals surface area (Å²) in [6.07, 6.45) is 6.31. The number of carbonyl (C=O) groups excluding carboxylic acids is 1. The third-order valence-electron chi connectivity index (χ3n) is 7.31. The Kier molecular flexibility index (Phi) is 5.51. The number of aryl methyl sites for hydroxylation is 2. The van der Waals surface area contributed by atoms with Crippen LogP contribution in [0.3, 0.4) is 0 Å². The SMILES string of the molecule is CCc1ccccc1-c1ccc2c(c1)CCCC2NC(=O)O[C@@H]1CN2CCC1CC2. The van der Waals surface area contributed by atoms with Crippen molar-refractivity contribution in [2.24, 2.45) is 5.92 Å². The number of alkyl carbamates (subject to hydrolysis) is 1. The van der Waals surface area contributed by atoms with E-state index in [9.17, 15) is 4.79 Å². The van der Waals surface area contributed by atoms with E-state index in [0.717, 1.165) is 58.2 Å². The lowest BCUT2D eigenvalue weighted by Crippen LogP contribution is -2.52. The number of carbonyl (C=O) groups is 1. The average molecular weight is 405 g/mol. The Balaban J connectivity index is 1.30. The molecule has 1 unspecified atom stereocenters. The molecule has 2 atom stereocenters. The van der Waals surface area contributed by atoms with Gasteiger partial charge in [0, 0.05) is 6.54 Å². The van der Waals surface area contributed by atoms with Crippen molar-refractivity contribution in [2.75, 3.05) is 19.6 Å². The van der Waals surface area contributed by atoms with Gasteiger partial charge in [-0.15, -0.1) is 0 Å². The average Bonchev–Trinajstić information content (AvgIpc) is 2.79. The lowest BCUT2D eigenvalue weighted by Gasteiger charge is -2.44. The van der Waals surface area contributed by atoms with E-state index in [1.54, 1.807) is 0 Å². The third kappa shape index (κ3) is 3.85. The molecular weight excluding hydrogens is 372 g/mol. The van der Waals surface area contributed by atoms with Gasteiger partial charge in [0.2, 0.25) is 0 Å². The molecular formula is C26H32N2O2. The van der Waals surface area contributed by atoms with Crippen LogP contribution in [0.1, 0.15) is 55.3 Å². The van der Waals surface area contributed by atoms with E-state index in [-0.39, 0.29) is 18.2 Å². The summed E-state index contributed by atoms with van der Waals surface area (Å²) in [5.74, 6) is 0.542. The van der Waals surface area contributed by atoms with Crippen molar-refractivity contribution < 1.29 is 9.53 Å². The van der Waals surface area contributed by atoms with Gasteiger partial charge < -0.3 is 10.1 Å². The Morgan fingerprint density at radius 3 is 2.73 bits per heavy atom. The molecule has 2 aromatic rings. The van der Waals surface area contributed by atoms with Crippen molar-refractivity contribution >= 4 is 6.09 Å². The lowest BCUT2D eigenvalue weighted by atomic mass is 9.85. The minimum absolute atomic E-state index is 0.0535. The van der Waals surface area contributed by atoms with Crippen LogP contribution in [0.4, 0.5) is 4.79 Å². The van der Waals surface area contributed by atoms with Gasteiger partial charge in [-0.05, 0) is 85.3 Å². The molecule has 3 saturated heterocycles. The number of rotatable bonds is 4. The van der Waals surface area contributed by atoms with E-state index in [1.807, 2.05) is 0 Å². The molecule has 4 heteroatoms. The standard InChI is InChI=1S/C26H32N2O2/c1-2-18-6-3-4-8-22(18)21-10-11-23-20(16-21)7-5-9-24(23)27-26(29)30-25-17-28-14-12-19(25)13-15-28/h3-4,6,8,10-11,16,19,24-25H,2,5,7,9,12-15,17H2,1H3,(H,27,29)/t24?,25-/m1/s1. The van der Waals surface area contributed by atoms with Crippen LogP contribution in [0.5, 0.6) is 0 Å². The molecule has 1 aliphatic carbocycles. The van der Waals surface area contributed by atoms with Gasteiger partial charge in [0.25, 0.3) is 0 Å². The second-order valence-electron chi connectivity index (χ2n) is 9.10. The van der Waals surface area contributed by atoms with E-state index >= 15 is 0 Å². The van der Waals surface area contributed by atoms with Gasteiger partial charge in [0.05, 0.1) is 6.04 Å². The van der Waals surface area contributed by atoms with Crippen LogP contribution in [0.2, 0.25) is 0 Å². The number of ether oxygens (including phenoxy) is 1. The first-order valence-corrected chi connectivity index (χ1v) is 11.6. The van der Waals surface area contributed by atoms with Gasteiger partial charge in [0.15, 0.2) is 0 Å². The highest BCUT2D eigenvalue weighted by molar-refractivity contribution is 5.70. The zero-order chi connectivity index (χ0) is 20.5. The quantitative estimate of drug-likeness (QED) is 0.770. The first-order valence-electron chi connectivity index (χ1n) is 11.6. The highest BCUT2D eigenvalue weighted by Crippen LogP contribution is 2.35. The molecule has 0 aromatic heterocycles. The topological polar surface area (TPSA) is 41.6 Å². The van der Waals surface area contributed by atoms with Crippen molar-refractivity contribution in [1.29, 1.82) is 0 Å². The molecule has 0 spiro atoms. The number of piperidine rings is 3. The van der Waals surface area contributed by atoms with Crippen LogP contribution in [0.15, 0.2) is 42.5 Å². The van der Waals surface area contributed by atoms with E-state index < -0.39 is 0 Å². The molecule has 6 rings (SSSR count). The summed E-state index contributed by atoms with van der Waals surface area (Å²) in [7, 11) is 0. The second kappa shape index (κ2) is 8.43. The van der Waals surface area contributed by atoms with Crippen molar-refractivity contribution in [3.05, 3.63) is 59.2 Å². The maximum Gasteiger partial charge on any atom is 0.407 e. The number of hydrogen-bond acceptors (Lipinski definition) is 3. The maximum absolute atomic E-state index is 12.7. The lowest BCUT2D eigenvalue weighted by molar-refractivity contribution is -0.0340. The monoisotopic (exact) mass is 404 g/mol. The second-order valence-corrected chi connectivity index (χ2v) is 9.10. The fraction of sp³-hybridized carbons (Fsp3) is 0.500. The highest BCUT2D eigenvalue weighted by Gasteiger charge is 2.37. The number of nitrogens with zero attached hydrogens (tertiary/aromatic N) is 1. The zero-order valence-corrected chi connectivity index (χ0v) is 17.9. The summed E-state index contributed by atoms with van der Waals surface area (Å²) in [4.78, 5) is 15.1. The smallest absolute Gasteiger partial charge is 0.407 e. The Morgan fingerprint density at radius 2 is 1.97 bits per heavy atom. The molecule has 2 bridgehead atoms. The summed E-state index contributed by atoms with van der Waals surface area (Å²) in [6, 6.07) is 15.5. The van der Waals surface area contributed by atoms with E-state index in [4.69, 9.17) is 4.74 Å². The summed E-state index contributed by atoms with van der Waals surface area (Å²) in [5, 5.41) is 3.18. The predicted octanol–water partition coefficient (Wildman–Crippen LogP) is 5.11. The van der Waals surface area contributed by atoms with Crippen LogP contribution in [0.25, 0.3) is 11.1 Å². The zero-order valence-electron chi connectivity index (χ0n) is 17.9. The van der Waals surface area contributed by atoms with Gasteiger partial charge in [0.1, 0.15) is 6.10 Å². The molecule has 1 N–H and O–H groups in total. The molecule has 0 radical (unpaired) electrons. The van der Waals surface area contributed by atoms with Gasteiger partial charge in [-0.1, -0.05) is 49.4 Å². The van der Waals surface area contributed by atoms with Crippen molar-refractivity contribution in [3.63, 3.8) is 0 Å². The van der Waals surface area contributed by atoms with Crippen molar-refractivity contribution in [1.82, 2.24) is 10.2 Å². The van der Waals surface area contributed by atoms with Gasteiger partial charge >= 0.3 is 6.09 Å². The molecule has 4 nitrogen and oxygen atoms in total. The summed E-state index contributed by atoms with van der Waals surface area (Å²) < 4.78 is 5.87. The first-order chi connectivity index (χ1) is 14.7. The van der Waals surface area contributed by atoms with Crippen LogP contribution < -0.4 is 5.32 Å². The van der Waals surface area contributed by atoms with E-state index in [2.05, 4.69) is 59.6 Å². The number of benzene rings is 2. The van der Waals surface area contributed by atoms with Crippen molar-refractivity contribution in [3.8, 4) is 11.1 Å². The fourth-order valence-electron chi connectivity index (χ4n) is 5.60. The van der Waals surface area contributed by atoms with Crippen LogP contribution in [-0.4, -0.2) is 36.7 Å². The Bertz CT molecular complexity index is 917. The third-order valence-corrected chi connectivity index (χ3v) is 7.31. The van der Waals surface area contributed by atoms with Crippen LogP contribution >= 0.6 is 0 Å². The summed E-state index contributed by atoms with van der Waals surface area (Å²) >= 11 is 0. The number of nitrogens with one attached hydrogen (secondary N) is 1. The normalized spacial score (nSPS) is 27.4. The first kappa shape index (κ1) is 19.6. The summed E-state index contributed by atoms with van der Waals surface area (Å²) in [6.45, 7) is 5.43. The molecule has 3 fully saturated rings. The number of amides is 1. The van der Waals surface area contributed by atoms with E-state index in [1.165, 1.54) is 27.8 Å². The molecule has 0 saturated carbocycles. The molecule has 3 heterocycles. The van der Waals surface area contributed by atoms with Gasteiger partial charge in [-0.25, -0.2) is 4.79 Å². The Morgan fingerprint density at radius 1 is 1.13 bits per heavy atom. The van der Waals surface area contributed by atoms with E-state index in [0.29, 0.717) is 5.92 Å². The Labute approximate surface area is 179 Å². The molecule has 1 amide bonds. The fourth-order valence-corrected chi connectivity index (χ4v) is 5.60. The minimum atomic E-state index is -0.244. The number of fused-ring (bicyclic) bond motifs is 4. The predicted molar refractivity (Wildman–Crippen MR) is 120 cm³/mol. The maximum atomic E-state index is 12.7. The summed E-state index contributed by atoms with van der Waals surface area (Å²) in [5.41, 5.74) is 6.59. The number of hydrogen-bond donors (Lipinski definition) is 1. The van der Waals surface area contributed by atoms with Crippen LogP contribution in [-0.2, 0) is 17.6 Å². The molecule has 2 aromatic carbocycles. The molecule has 4 aliphatic rings. The highest BCUT2D eigenvalue weighted by atomic mass is 16.6. The molecule has 3 aliphatic heterocycles. The minimum Gasteiger partial charge on any atom is -0.445 e. The van der Waals surface area contributed by atoms with Crippen molar-refractivity contribution in [2.45, 2.75) is 57.6 Å². The van der Waals surface area contributed by atoms with Crippen LogP contribution in [0, 0.1) is 5.92 Å². The van der Waals surface area contributed by atoms with Gasteiger partial charge in [-0.2, -0.15) is 0 Å². The van der Waals surface area contributed by atoms with Gasteiger partial charge in [-0.3, -0.25) is 4.90 Å².